The van der Waals surface area contributed by atoms with Gasteiger partial charge in [-0.05, 0) is 35.6 Å². The summed E-state index contributed by atoms with van der Waals surface area (Å²) in [6.45, 7) is 0.0713. The van der Waals surface area contributed by atoms with E-state index in [0.717, 1.165) is 22.0 Å². The summed E-state index contributed by atoms with van der Waals surface area (Å²) < 4.78 is 5.22. The van der Waals surface area contributed by atoms with Gasteiger partial charge < -0.3 is 25.5 Å². The number of carbonyl (C=O) groups is 3. The Labute approximate surface area is 196 Å². The first kappa shape index (κ1) is 24.2. The van der Waals surface area contributed by atoms with E-state index in [1.807, 2.05) is 60.9 Å². The fraction of sp³-hybridized carbons (Fsp3) is 0.292. The second kappa shape index (κ2) is 12.0. The Morgan fingerprint density at radius 2 is 1.76 bits per heavy atom. The molecule has 0 fully saturated rings. The molecule has 0 bridgehead atoms. The Balaban J connectivity index is 1.63. The fourth-order valence-electron chi connectivity index (χ4n) is 3.40. The van der Waals surface area contributed by atoms with Crippen LogP contribution in [-0.2, 0) is 27.4 Å². The molecule has 2 atom stereocenters. The molecule has 9 heteroatoms. The number of thioether (sulfide) groups is 1. The van der Waals surface area contributed by atoms with Gasteiger partial charge in [-0.1, -0.05) is 48.5 Å². The first-order valence-corrected chi connectivity index (χ1v) is 11.9. The summed E-state index contributed by atoms with van der Waals surface area (Å²) in [6.07, 6.45) is 3.35. The number of aromatic amines is 1. The molecule has 33 heavy (non-hydrogen) atoms. The molecule has 0 aliphatic carbocycles. The molecule has 4 N–H and O–H groups in total. The number of carboxylic acids is 1. The number of benzene rings is 2. The zero-order valence-corrected chi connectivity index (χ0v) is 19.1. The van der Waals surface area contributed by atoms with Crippen LogP contribution in [0, 0.1) is 0 Å². The SMILES string of the molecule is CSCC[C@H](NC(=O)OCc1ccccc1)C(=O)N[C@H](Cc1c[nH]c2ccccc12)C(=O)O. The molecule has 174 valence electrons. The van der Waals surface area contributed by atoms with Crippen molar-refractivity contribution in [2.45, 2.75) is 31.5 Å². The second-order valence-electron chi connectivity index (χ2n) is 7.50. The van der Waals surface area contributed by atoms with Crippen LogP contribution in [-0.4, -0.2) is 52.2 Å². The summed E-state index contributed by atoms with van der Waals surface area (Å²) in [6, 6.07) is 14.7. The van der Waals surface area contributed by atoms with E-state index in [9.17, 15) is 19.5 Å². The third-order valence-electron chi connectivity index (χ3n) is 5.15. The van der Waals surface area contributed by atoms with Gasteiger partial charge in [-0.2, -0.15) is 11.8 Å². The monoisotopic (exact) mass is 469 g/mol. The summed E-state index contributed by atoms with van der Waals surface area (Å²) in [5.74, 6) is -1.10. The van der Waals surface area contributed by atoms with Crippen molar-refractivity contribution in [2.75, 3.05) is 12.0 Å². The van der Waals surface area contributed by atoms with Crippen molar-refractivity contribution in [3.05, 3.63) is 71.9 Å². The van der Waals surface area contributed by atoms with Crippen LogP contribution < -0.4 is 10.6 Å². The summed E-state index contributed by atoms with van der Waals surface area (Å²) in [7, 11) is 0. The van der Waals surface area contributed by atoms with Crippen LogP contribution in [0.2, 0.25) is 0 Å². The number of ether oxygens (including phenoxy) is 1. The molecule has 1 heterocycles. The number of aliphatic carboxylic acids is 1. The summed E-state index contributed by atoms with van der Waals surface area (Å²) >= 11 is 1.52. The van der Waals surface area contributed by atoms with Gasteiger partial charge in [0.25, 0.3) is 0 Å². The normalized spacial score (nSPS) is 12.6. The molecule has 2 aromatic carbocycles. The lowest BCUT2D eigenvalue weighted by Gasteiger charge is -2.21. The van der Waals surface area contributed by atoms with Gasteiger partial charge in [0.2, 0.25) is 5.91 Å². The standard InChI is InChI=1S/C24H27N3O5S/c1-33-12-11-20(27-24(31)32-15-16-7-3-2-4-8-16)22(28)26-21(23(29)30)13-17-14-25-19-10-6-5-9-18(17)19/h2-10,14,20-21,25H,11-13,15H2,1H3,(H,26,28)(H,27,31)(H,29,30)/t20-,21+/m0/s1. The number of hydrogen-bond acceptors (Lipinski definition) is 5. The lowest BCUT2D eigenvalue weighted by molar-refractivity contribution is -0.142. The Morgan fingerprint density at radius 3 is 2.48 bits per heavy atom. The molecule has 3 rings (SSSR count). The van der Waals surface area contributed by atoms with Gasteiger partial charge in [-0.3, -0.25) is 4.79 Å². The molecule has 0 aliphatic rings. The molecule has 8 nitrogen and oxygen atoms in total. The number of rotatable bonds is 11. The van der Waals surface area contributed by atoms with E-state index in [1.165, 1.54) is 11.8 Å². The molecule has 0 unspecified atom stereocenters. The van der Waals surface area contributed by atoms with Gasteiger partial charge in [0.15, 0.2) is 0 Å². The molecule has 0 spiro atoms. The van der Waals surface area contributed by atoms with Crippen LogP contribution in [0.4, 0.5) is 4.79 Å². The molecule has 0 radical (unpaired) electrons. The molecule has 2 amide bonds. The van der Waals surface area contributed by atoms with Gasteiger partial charge in [0.1, 0.15) is 18.7 Å². The molecule has 0 saturated heterocycles. The van der Waals surface area contributed by atoms with Gasteiger partial charge in [-0.15, -0.1) is 0 Å². The van der Waals surface area contributed by atoms with E-state index in [-0.39, 0.29) is 13.0 Å². The molecular formula is C24H27N3O5S. The predicted molar refractivity (Wildman–Crippen MR) is 128 cm³/mol. The van der Waals surface area contributed by atoms with Crippen molar-refractivity contribution in [3.63, 3.8) is 0 Å². The van der Waals surface area contributed by atoms with Crippen molar-refractivity contribution >= 4 is 40.6 Å². The third kappa shape index (κ3) is 7.01. The molecule has 3 aromatic rings. The van der Waals surface area contributed by atoms with E-state index in [4.69, 9.17) is 4.74 Å². The molecular weight excluding hydrogens is 442 g/mol. The average Bonchev–Trinajstić information content (AvgIpc) is 3.23. The number of carbonyl (C=O) groups excluding carboxylic acids is 2. The number of hydrogen-bond donors (Lipinski definition) is 4. The van der Waals surface area contributed by atoms with Crippen molar-refractivity contribution in [3.8, 4) is 0 Å². The van der Waals surface area contributed by atoms with Gasteiger partial charge in [-0.25, -0.2) is 9.59 Å². The van der Waals surface area contributed by atoms with Crippen molar-refractivity contribution < 1.29 is 24.2 Å². The number of amides is 2. The summed E-state index contributed by atoms with van der Waals surface area (Å²) in [5, 5.41) is 15.7. The number of para-hydroxylation sites is 1. The zero-order chi connectivity index (χ0) is 23.6. The Morgan fingerprint density at radius 1 is 1.03 bits per heavy atom. The Bertz CT molecular complexity index is 1090. The number of carboxylic acid groups (broad SMARTS) is 1. The lowest BCUT2D eigenvalue weighted by Crippen LogP contribution is -2.52. The van der Waals surface area contributed by atoms with E-state index in [0.29, 0.717) is 12.2 Å². The zero-order valence-electron chi connectivity index (χ0n) is 18.2. The van der Waals surface area contributed by atoms with Gasteiger partial charge >= 0.3 is 12.1 Å². The van der Waals surface area contributed by atoms with Crippen molar-refractivity contribution in [2.24, 2.45) is 0 Å². The van der Waals surface area contributed by atoms with Crippen LogP contribution in [0.5, 0.6) is 0 Å². The number of nitrogens with one attached hydrogen (secondary N) is 3. The van der Waals surface area contributed by atoms with Crippen LogP contribution >= 0.6 is 11.8 Å². The van der Waals surface area contributed by atoms with E-state index < -0.39 is 30.1 Å². The summed E-state index contributed by atoms with van der Waals surface area (Å²) in [5.41, 5.74) is 2.50. The number of fused-ring (bicyclic) bond motifs is 1. The van der Waals surface area contributed by atoms with E-state index >= 15 is 0 Å². The largest absolute Gasteiger partial charge is 0.480 e. The van der Waals surface area contributed by atoms with Crippen LogP contribution in [0.3, 0.4) is 0 Å². The van der Waals surface area contributed by atoms with Crippen LogP contribution in [0.15, 0.2) is 60.8 Å². The highest BCUT2D eigenvalue weighted by atomic mass is 32.2. The van der Waals surface area contributed by atoms with Gasteiger partial charge in [0, 0.05) is 23.5 Å². The minimum Gasteiger partial charge on any atom is -0.480 e. The van der Waals surface area contributed by atoms with Crippen molar-refractivity contribution in [1.29, 1.82) is 0 Å². The predicted octanol–water partition coefficient (Wildman–Crippen LogP) is 3.33. The molecule has 0 saturated carbocycles. The second-order valence-corrected chi connectivity index (χ2v) is 8.49. The maximum Gasteiger partial charge on any atom is 0.408 e. The van der Waals surface area contributed by atoms with Crippen molar-refractivity contribution in [1.82, 2.24) is 15.6 Å². The number of H-pyrrole nitrogens is 1. The third-order valence-corrected chi connectivity index (χ3v) is 5.79. The number of alkyl carbamates (subject to hydrolysis) is 1. The quantitative estimate of drug-likeness (QED) is 0.342. The average molecular weight is 470 g/mol. The first-order valence-electron chi connectivity index (χ1n) is 10.5. The maximum atomic E-state index is 12.9. The Hall–Kier alpha value is -3.46. The highest BCUT2D eigenvalue weighted by molar-refractivity contribution is 7.98. The first-order chi connectivity index (χ1) is 16.0. The Kier molecular flexibility index (Phi) is 8.77. The lowest BCUT2D eigenvalue weighted by atomic mass is 10.0. The smallest absolute Gasteiger partial charge is 0.408 e. The molecule has 0 aliphatic heterocycles. The maximum absolute atomic E-state index is 12.9. The highest BCUT2D eigenvalue weighted by Gasteiger charge is 2.27. The van der Waals surface area contributed by atoms with Crippen LogP contribution in [0.1, 0.15) is 17.5 Å². The van der Waals surface area contributed by atoms with Gasteiger partial charge in [0.05, 0.1) is 0 Å². The van der Waals surface area contributed by atoms with Crippen LogP contribution in [0.25, 0.3) is 10.9 Å². The topological polar surface area (TPSA) is 121 Å². The molecule has 1 aromatic heterocycles. The fourth-order valence-corrected chi connectivity index (χ4v) is 3.88. The highest BCUT2D eigenvalue weighted by Crippen LogP contribution is 2.19. The number of aromatic nitrogens is 1. The summed E-state index contributed by atoms with van der Waals surface area (Å²) in [4.78, 5) is 40.2. The van der Waals surface area contributed by atoms with E-state index in [1.54, 1.807) is 6.20 Å². The van der Waals surface area contributed by atoms with E-state index in [2.05, 4.69) is 15.6 Å². The minimum absolute atomic E-state index is 0.0713. The minimum atomic E-state index is -1.15.